The zero-order chi connectivity index (χ0) is 11.3. The summed E-state index contributed by atoms with van der Waals surface area (Å²) in [5.74, 6) is 0.0201. The number of carbonyl (C=O) groups excluding carboxylic acids is 1. The number of ether oxygens (including phenoxy) is 1. The molecular weight excluding hydrogens is 192 g/mol. The maximum absolute atomic E-state index is 11.7. The second-order valence-electron chi connectivity index (χ2n) is 4.22. The van der Waals surface area contributed by atoms with E-state index in [1.165, 1.54) is 6.42 Å². The van der Waals surface area contributed by atoms with E-state index in [2.05, 4.69) is 0 Å². The topological polar surface area (TPSA) is 55.6 Å². The fourth-order valence-electron chi connectivity index (χ4n) is 1.80. The van der Waals surface area contributed by atoms with Crippen LogP contribution in [0, 0.1) is 0 Å². The van der Waals surface area contributed by atoms with E-state index in [1.807, 2.05) is 6.92 Å². The van der Waals surface area contributed by atoms with Crippen molar-refractivity contribution in [3.05, 3.63) is 0 Å². The van der Waals surface area contributed by atoms with Gasteiger partial charge in [0.1, 0.15) is 0 Å². The lowest BCUT2D eigenvalue weighted by Crippen LogP contribution is -2.45. The third-order valence-electron chi connectivity index (χ3n) is 2.88. The molecule has 2 atom stereocenters. The number of hydrogen-bond donors (Lipinski definition) is 1. The predicted molar refractivity (Wildman–Crippen MR) is 59.5 cm³/mol. The molecule has 0 spiro atoms. The minimum absolute atomic E-state index is 0.0201. The monoisotopic (exact) mass is 214 g/mol. The first-order valence-corrected chi connectivity index (χ1v) is 5.77. The maximum Gasteiger partial charge on any atom is 0.239 e. The largest absolute Gasteiger partial charge is 0.376 e. The van der Waals surface area contributed by atoms with Crippen LogP contribution < -0.4 is 5.73 Å². The van der Waals surface area contributed by atoms with Gasteiger partial charge in [-0.2, -0.15) is 0 Å². The zero-order valence-electron chi connectivity index (χ0n) is 9.74. The van der Waals surface area contributed by atoms with E-state index >= 15 is 0 Å². The molecule has 1 fully saturated rings. The van der Waals surface area contributed by atoms with E-state index in [0.717, 1.165) is 19.4 Å². The van der Waals surface area contributed by atoms with Gasteiger partial charge in [0, 0.05) is 20.2 Å². The average Bonchev–Trinajstić information content (AvgIpc) is 2.28. The Hall–Kier alpha value is -0.610. The van der Waals surface area contributed by atoms with Crippen LogP contribution in [0.15, 0.2) is 0 Å². The summed E-state index contributed by atoms with van der Waals surface area (Å²) in [6.07, 6.45) is 4.29. The molecule has 1 aliphatic rings. The van der Waals surface area contributed by atoms with Crippen molar-refractivity contribution in [3.8, 4) is 0 Å². The summed E-state index contributed by atoms with van der Waals surface area (Å²) in [6, 6.07) is -0.362. The lowest BCUT2D eigenvalue weighted by atomic mass is 10.1. The molecule has 4 nitrogen and oxygen atoms in total. The fourth-order valence-corrected chi connectivity index (χ4v) is 1.80. The molecule has 1 rings (SSSR count). The summed E-state index contributed by atoms with van der Waals surface area (Å²) in [6.45, 7) is 3.42. The van der Waals surface area contributed by atoms with Crippen molar-refractivity contribution in [2.45, 2.75) is 44.8 Å². The highest BCUT2D eigenvalue weighted by molar-refractivity contribution is 5.81. The number of rotatable bonds is 4. The number of hydrogen-bond acceptors (Lipinski definition) is 3. The Morgan fingerprint density at radius 3 is 2.87 bits per heavy atom. The Bertz CT molecular complexity index is 203. The van der Waals surface area contributed by atoms with Gasteiger partial charge in [0.25, 0.3) is 0 Å². The molecule has 1 heterocycles. The van der Waals surface area contributed by atoms with E-state index in [9.17, 15) is 4.79 Å². The Balaban J connectivity index is 2.33. The number of carbonyl (C=O) groups is 1. The highest BCUT2D eigenvalue weighted by Gasteiger charge is 2.21. The normalized spacial score (nSPS) is 23.5. The van der Waals surface area contributed by atoms with Crippen molar-refractivity contribution in [1.29, 1.82) is 0 Å². The smallest absolute Gasteiger partial charge is 0.239 e. The zero-order valence-corrected chi connectivity index (χ0v) is 9.74. The van der Waals surface area contributed by atoms with E-state index in [1.54, 1.807) is 11.9 Å². The van der Waals surface area contributed by atoms with Crippen LogP contribution in [0.3, 0.4) is 0 Å². The van der Waals surface area contributed by atoms with Gasteiger partial charge in [0.2, 0.25) is 5.91 Å². The van der Waals surface area contributed by atoms with E-state index < -0.39 is 0 Å². The van der Waals surface area contributed by atoms with Crippen LogP contribution in [0.1, 0.15) is 32.6 Å². The highest BCUT2D eigenvalue weighted by Crippen LogP contribution is 2.13. The molecule has 1 saturated heterocycles. The summed E-state index contributed by atoms with van der Waals surface area (Å²) in [4.78, 5) is 13.4. The lowest BCUT2D eigenvalue weighted by molar-refractivity contribution is -0.133. The second-order valence-corrected chi connectivity index (χ2v) is 4.22. The first-order valence-electron chi connectivity index (χ1n) is 5.77. The van der Waals surface area contributed by atoms with Gasteiger partial charge in [-0.25, -0.2) is 0 Å². The summed E-state index contributed by atoms with van der Waals surface area (Å²) < 4.78 is 5.58. The third kappa shape index (κ3) is 3.80. The van der Waals surface area contributed by atoms with Crippen molar-refractivity contribution in [2.24, 2.45) is 5.73 Å². The molecule has 88 valence electrons. The molecule has 0 aromatic carbocycles. The first kappa shape index (κ1) is 12.5. The van der Waals surface area contributed by atoms with E-state index in [4.69, 9.17) is 10.5 Å². The molecule has 0 radical (unpaired) electrons. The molecule has 0 aromatic heterocycles. The van der Waals surface area contributed by atoms with Crippen LogP contribution in [-0.4, -0.2) is 43.2 Å². The Morgan fingerprint density at radius 1 is 1.60 bits per heavy atom. The molecule has 0 aromatic rings. The molecule has 0 aliphatic carbocycles. The molecule has 2 unspecified atom stereocenters. The number of nitrogens with zero attached hydrogens (tertiary/aromatic N) is 1. The fraction of sp³-hybridized carbons (Fsp3) is 0.909. The van der Waals surface area contributed by atoms with Crippen molar-refractivity contribution in [2.75, 3.05) is 20.2 Å². The van der Waals surface area contributed by atoms with Gasteiger partial charge in [-0.3, -0.25) is 4.79 Å². The van der Waals surface area contributed by atoms with E-state index in [0.29, 0.717) is 13.0 Å². The van der Waals surface area contributed by atoms with Crippen LogP contribution in [0.25, 0.3) is 0 Å². The van der Waals surface area contributed by atoms with Crippen molar-refractivity contribution in [1.82, 2.24) is 4.90 Å². The predicted octanol–water partition coefficient (Wildman–Crippen LogP) is 0.751. The molecule has 0 bridgehead atoms. The molecule has 4 heteroatoms. The Morgan fingerprint density at radius 2 is 2.33 bits per heavy atom. The van der Waals surface area contributed by atoms with Crippen LogP contribution >= 0.6 is 0 Å². The summed E-state index contributed by atoms with van der Waals surface area (Å²) >= 11 is 0. The second kappa shape index (κ2) is 6.08. The molecule has 2 N–H and O–H groups in total. The van der Waals surface area contributed by atoms with Crippen molar-refractivity contribution < 1.29 is 9.53 Å². The standard InChI is InChI=1S/C11H22N2O2/c1-3-10(12)11(14)13(2)8-9-6-4-5-7-15-9/h9-10H,3-8,12H2,1-2H3. The minimum Gasteiger partial charge on any atom is -0.376 e. The average molecular weight is 214 g/mol. The number of nitrogens with two attached hydrogens (primary N) is 1. The lowest BCUT2D eigenvalue weighted by Gasteiger charge is -2.28. The SMILES string of the molecule is CCC(N)C(=O)N(C)CC1CCCCO1. The van der Waals surface area contributed by atoms with Crippen LogP contribution in [-0.2, 0) is 9.53 Å². The number of likely N-dealkylation sites (N-methyl/N-ethyl adjacent to an activating group) is 1. The molecule has 15 heavy (non-hydrogen) atoms. The quantitative estimate of drug-likeness (QED) is 0.751. The van der Waals surface area contributed by atoms with Gasteiger partial charge in [-0.15, -0.1) is 0 Å². The van der Waals surface area contributed by atoms with Crippen LogP contribution in [0.2, 0.25) is 0 Å². The Kier molecular flexibility index (Phi) is 5.05. The van der Waals surface area contributed by atoms with Crippen LogP contribution in [0.5, 0.6) is 0 Å². The first-order chi connectivity index (χ1) is 7.15. The summed E-state index contributed by atoms with van der Waals surface area (Å²) in [5, 5.41) is 0. The van der Waals surface area contributed by atoms with Gasteiger partial charge < -0.3 is 15.4 Å². The molecule has 0 saturated carbocycles. The molecule has 1 amide bonds. The highest BCUT2D eigenvalue weighted by atomic mass is 16.5. The minimum atomic E-state index is -0.362. The van der Waals surface area contributed by atoms with Gasteiger partial charge in [-0.05, 0) is 25.7 Å². The summed E-state index contributed by atoms with van der Waals surface area (Å²) in [7, 11) is 1.80. The third-order valence-corrected chi connectivity index (χ3v) is 2.88. The van der Waals surface area contributed by atoms with Crippen LogP contribution in [0.4, 0.5) is 0 Å². The van der Waals surface area contributed by atoms with E-state index in [-0.39, 0.29) is 18.1 Å². The van der Waals surface area contributed by atoms with Crippen molar-refractivity contribution in [3.63, 3.8) is 0 Å². The molecular formula is C11H22N2O2. The van der Waals surface area contributed by atoms with Gasteiger partial charge in [0.15, 0.2) is 0 Å². The molecule has 1 aliphatic heterocycles. The maximum atomic E-state index is 11.7. The van der Waals surface area contributed by atoms with Gasteiger partial charge >= 0.3 is 0 Å². The van der Waals surface area contributed by atoms with Gasteiger partial charge in [-0.1, -0.05) is 6.92 Å². The Labute approximate surface area is 91.8 Å². The van der Waals surface area contributed by atoms with Gasteiger partial charge in [0.05, 0.1) is 12.1 Å². The van der Waals surface area contributed by atoms with Crippen molar-refractivity contribution >= 4 is 5.91 Å². The number of amides is 1. The summed E-state index contributed by atoms with van der Waals surface area (Å²) in [5.41, 5.74) is 5.69.